The van der Waals surface area contributed by atoms with Gasteiger partial charge in [0, 0.05) is 31.9 Å². The minimum Gasteiger partial charge on any atom is -0.480 e. The molecule has 0 radical (unpaired) electrons. The van der Waals surface area contributed by atoms with Crippen LogP contribution in [0.3, 0.4) is 0 Å². The molecule has 1 aromatic heterocycles. The van der Waals surface area contributed by atoms with Crippen LogP contribution in [-0.2, 0) is 16.1 Å². The van der Waals surface area contributed by atoms with Gasteiger partial charge in [0.25, 0.3) is 0 Å². The number of carboxylic acids is 1. The van der Waals surface area contributed by atoms with Crippen LogP contribution in [0.25, 0.3) is 0 Å². The van der Waals surface area contributed by atoms with Gasteiger partial charge in [0.2, 0.25) is 5.91 Å². The smallest absolute Gasteiger partial charge is 0.325 e. The highest BCUT2D eigenvalue weighted by Crippen LogP contribution is 2.22. The number of thiazole rings is 1. The van der Waals surface area contributed by atoms with E-state index in [0.29, 0.717) is 31.2 Å². The first-order valence-electron chi connectivity index (χ1n) is 5.86. The van der Waals surface area contributed by atoms with Gasteiger partial charge in [-0.05, 0) is 6.42 Å². The molecule has 0 aromatic carbocycles. The largest absolute Gasteiger partial charge is 0.480 e. The predicted octanol–water partition coefficient (Wildman–Crippen LogP) is 0.0893. The molecule has 1 aliphatic rings. The fraction of sp³-hybridized carbons (Fsp3) is 0.545. The quantitative estimate of drug-likeness (QED) is 0.723. The summed E-state index contributed by atoms with van der Waals surface area (Å²) in [5.41, 5.74) is 5.45. The highest BCUT2D eigenvalue weighted by atomic mass is 32.1. The molecule has 7 nitrogen and oxygen atoms in total. The van der Waals surface area contributed by atoms with E-state index in [1.54, 1.807) is 0 Å². The highest BCUT2D eigenvalue weighted by Gasteiger charge is 2.41. The lowest BCUT2D eigenvalue weighted by Gasteiger charge is -2.19. The van der Waals surface area contributed by atoms with E-state index in [4.69, 9.17) is 10.8 Å². The van der Waals surface area contributed by atoms with Gasteiger partial charge in [-0.2, -0.15) is 0 Å². The molecule has 104 valence electrons. The molecule has 1 amide bonds. The summed E-state index contributed by atoms with van der Waals surface area (Å²) in [6.45, 7) is 2.92. The summed E-state index contributed by atoms with van der Waals surface area (Å²) < 4.78 is 0. The average molecular weight is 284 g/mol. The second-order valence-corrected chi connectivity index (χ2v) is 5.61. The summed E-state index contributed by atoms with van der Waals surface area (Å²) in [5.74, 6) is -1.12. The van der Waals surface area contributed by atoms with E-state index in [1.165, 1.54) is 18.3 Å². The van der Waals surface area contributed by atoms with E-state index in [1.807, 2.05) is 10.3 Å². The normalized spacial score (nSPS) is 23.5. The maximum Gasteiger partial charge on any atom is 0.325 e. The van der Waals surface area contributed by atoms with Crippen LogP contribution < -0.4 is 11.1 Å². The zero-order valence-corrected chi connectivity index (χ0v) is 11.4. The Morgan fingerprint density at radius 3 is 3.00 bits per heavy atom. The van der Waals surface area contributed by atoms with Gasteiger partial charge in [-0.25, -0.2) is 4.98 Å². The molecule has 1 fully saturated rings. The minimum absolute atomic E-state index is 0.158. The van der Waals surface area contributed by atoms with E-state index in [9.17, 15) is 9.59 Å². The van der Waals surface area contributed by atoms with Gasteiger partial charge >= 0.3 is 5.97 Å². The minimum atomic E-state index is -1.16. The predicted molar refractivity (Wildman–Crippen MR) is 70.9 cm³/mol. The number of carbonyl (C=O) groups excluding carboxylic acids is 1. The lowest BCUT2D eigenvalue weighted by Crippen LogP contribution is -2.50. The molecule has 1 aliphatic heterocycles. The number of rotatable bonds is 4. The Hall–Kier alpha value is -1.51. The van der Waals surface area contributed by atoms with Crippen molar-refractivity contribution in [1.29, 1.82) is 0 Å². The fourth-order valence-corrected chi connectivity index (χ4v) is 2.79. The van der Waals surface area contributed by atoms with Crippen molar-refractivity contribution in [1.82, 2.24) is 9.88 Å². The van der Waals surface area contributed by atoms with Crippen LogP contribution in [0.4, 0.5) is 5.13 Å². The number of anilines is 1. The zero-order chi connectivity index (χ0) is 14.0. The van der Waals surface area contributed by atoms with E-state index in [-0.39, 0.29) is 5.91 Å². The molecule has 8 heteroatoms. The number of carboxylic acid groups (broad SMARTS) is 1. The standard InChI is InChI=1S/C11H16N4O3S/c1-7(16)13-10-14-8(5-19-10)4-15-3-2-11(12,6-15)9(17)18/h5H,2-4,6,12H2,1H3,(H,17,18)(H,13,14,16). The lowest BCUT2D eigenvalue weighted by atomic mass is 10.0. The second-order valence-electron chi connectivity index (χ2n) is 4.75. The van der Waals surface area contributed by atoms with E-state index < -0.39 is 11.5 Å². The third-order valence-corrected chi connectivity index (χ3v) is 3.83. The molecule has 0 spiro atoms. The molecule has 1 atom stereocenters. The Labute approximate surface area is 114 Å². The first-order valence-corrected chi connectivity index (χ1v) is 6.74. The van der Waals surface area contributed by atoms with Crippen molar-refractivity contribution in [2.45, 2.75) is 25.4 Å². The SMILES string of the molecule is CC(=O)Nc1nc(CN2CCC(N)(C(=O)O)C2)cs1. The molecule has 19 heavy (non-hydrogen) atoms. The molecule has 1 saturated heterocycles. The Bertz CT molecular complexity index is 504. The van der Waals surface area contributed by atoms with Crippen molar-refractivity contribution >= 4 is 28.3 Å². The van der Waals surface area contributed by atoms with Gasteiger partial charge in [0.05, 0.1) is 5.69 Å². The second kappa shape index (κ2) is 5.24. The monoisotopic (exact) mass is 284 g/mol. The number of amides is 1. The molecule has 1 aromatic rings. The molecule has 4 N–H and O–H groups in total. The average Bonchev–Trinajstić information content (AvgIpc) is 2.87. The third kappa shape index (κ3) is 3.28. The maximum absolute atomic E-state index is 11.0. The number of hydrogen-bond donors (Lipinski definition) is 3. The summed E-state index contributed by atoms with van der Waals surface area (Å²) in [5, 5.41) is 14.1. The lowest BCUT2D eigenvalue weighted by molar-refractivity contribution is -0.142. The van der Waals surface area contributed by atoms with Crippen LogP contribution in [0.2, 0.25) is 0 Å². The number of aromatic nitrogens is 1. The van der Waals surface area contributed by atoms with Gasteiger partial charge < -0.3 is 16.2 Å². The first kappa shape index (κ1) is 13.9. The van der Waals surface area contributed by atoms with Gasteiger partial charge in [-0.15, -0.1) is 11.3 Å². The van der Waals surface area contributed by atoms with Gasteiger partial charge in [0.1, 0.15) is 5.54 Å². The van der Waals surface area contributed by atoms with Crippen molar-refractivity contribution in [3.05, 3.63) is 11.1 Å². The topological polar surface area (TPSA) is 109 Å². The molecular weight excluding hydrogens is 268 g/mol. The number of aliphatic carboxylic acids is 1. The van der Waals surface area contributed by atoms with Crippen LogP contribution >= 0.6 is 11.3 Å². The fourth-order valence-electron chi connectivity index (χ4n) is 2.04. The maximum atomic E-state index is 11.0. The number of nitrogens with zero attached hydrogens (tertiary/aromatic N) is 2. The first-order chi connectivity index (χ1) is 8.89. The third-order valence-electron chi connectivity index (χ3n) is 3.03. The summed E-state index contributed by atoms with van der Waals surface area (Å²) in [6, 6.07) is 0. The highest BCUT2D eigenvalue weighted by molar-refractivity contribution is 7.13. The Kier molecular flexibility index (Phi) is 3.83. The summed E-state index contributed by atoms with van der Waals surface area (Å²) >= 11 is 1.35. The van der Waals surface area contributed by atoms with Crippen molar-refractivity contribution in [3.8, 4) is 0 Å². The van der Waals surface area contributed by atoms with Crippen LogP contribution in [0.5, 0.6) is 0 Å². The van der Waals surface area contributed by atoms with Crippen LogP contribution in [0.15, 0.2) is 5.38 Å². The number of likely N-dealkylation sites (tertiary alicyclic amines) is 1. The van der Waals surface area contributed by atoms with E-state index in [0.717, 1.165) is 5.69 Å². The Morgan fingerprint density at radius 1 is 1.68 bits per heavy atom. The van der Waals surface area contributed by atoms with Crippen LogP contribution in [0, 0.1) is 0 Å². The summed E-state index contributed by atoms with van der Waals surface area (Å²) in [6.07, 6.45) is 0.436. The molecule has 0 bridgehead atoms. The zero-order valence-electron chi connectivity index (χ0n) is 10.5. The number of nitrogens with one attached hydrogen (secondary N) is 1. The van der Waals surface area contributed by atoms with Gasteiger partial charge in [-0.3, -0.25) is 14.5 Å². The van der Waals surface area contributed by atoms with E-state index >= 15 is 0 Å². The number of carbonyl (C=O) groups is 2. The molecular formula is C11H16N4O3S. The molecule has 1 unspecified atom stereocenters. The summed E-state index contributed by atoms with van der Waals surface area (Å²) in [4.78, 5) is 28.1. The number of hydrogen-bond acceptors (Lipinski definition) is 6. The summed E-state index contributed by atoms with van der Waals surface area (Å²) in [7, 11) is 0. The van der Waals surface area contributed by atoms with Crippen molar-refractivity contribution in [2.24, 2.45) is 5.73 Å². The van der Waals surface area contributed by atoms with Crippen molar-refractivity contribution in [2.75, 3.05) is 18.4 Å². The van der Waals surface area contributed by atoms with Gasteiger partial charge in [-0.1, -0.05) is 0 Å². The van der Waals surface area contributed by atoms with Crippen LogP contribution in [-0.4, -0.2) is 45.5 Å². The van der Waals surface area contributed by atoms with Crippen molar-refractivity contribution < 1.29 is 14.7 Å². The molecule has 2 rings (SSSR count). The van der Waals surface area contributed by atoms with Crippen LogP contribution in [0.1, 0.15) is 19.0 Å². The van der Waals surface area contributed by atoms with Crippen molar-refractivity contribution in [3.63, 3.8) is 0 Å². The molecule has 0 aliphatic carbocycles. The molecule has 2 heterocycles. The van der Waals surface area contributed by atoms with E-state index in [2.05, 4.69) is 10.3 Å². The Balaban J connectivity index is 1.94. The van der Waals surface area contributed by atoms with Gasteiger partial charge in [0.15, 0.2) is 5.13 Å². The number of nitrogens with two attached hydrogens (primary N) is 1. The Morgan fingerprint density at radius 2 is 2.42 bits per heavy atom. The molecule has 0 saturated carbocycles.